The molecule has 3 nitrogen and oxygen atoms in total. The molecule has 3 rings (SSSR count). The number of aryl methyl sites for hydroxylation is 1. The highest BCUT2D eigenvalue weighted by Gasteiger charge is 2.65. The summed E-state index contributed by atoms with van der Waals surface area (Å²) < 4.78 is 70.0. The van der Waals surface area contributed by atoms with E-state index in [0.717, 1.165) is 12.0 Å². The van der Waals surface area contributed by atoms with E-state index in [1.807, 2.05) is 0 Å². The Labute approximate surface area is 175 Å². The topological polar surface area (TPSA) is 54.4 Å². The second-order valence-electron chi connectivity index (χ2n) is 8.03. The van der Waals surface area contributed by atoms with E-state index in [-0.39, 0.29) is 30.6 Å². The molecule has 1 saturated carbocycles. The fraction of sp³-hybridized carbons (Fsp3) is 0.478. The van der Waals surface area contributed by atoms with Gasteiger partial charge in [0.2, 0.25) is 0 Å². The first-order valence-electron chi connectivity index (χ1n) is 10.3. The molecule has 2 aromatic rings. The minimum atomic E-state index is -5.06. The number of rotatable bonds is 7. The number of halogens is 3. The maximum atomic E-state index is 14.4. The summed E-state index contributed by atoms with van der Waals surface area (Å²) in [6.07, 6.45) is -3.00. The third kappa shape index (κ3) is 4.57. The Hall–Kier alpha value is -1.86. The van der Waals surface area contributed by atoms with Crippen LogP contribution < -0.4 is 0 Å². The number of sulfone groups is 1. The first kappa shape index (κ1) is 22.8. The highest BCUT2D eigenvalue weighted by Crippen LogP contribution is 2.48. The van der Waals surface area contributed by atoms with Crippen LogP contribution in [-0.2, 0) is 16.3 Å². The Morgan fingerprint density at radius 3 is 1.97 bits per heavy atom. The molecule has 0 amide bonds. The van der Waals surface area contributed by atoms with Gasteiger partial charge in [0.25, 0.3) is 0 Å². The Morgan fingerprint density at radius 1 is 0.900 bits per heavy atom. The van der Waals surface area contributed by atoms with Gasteiger partial charge in [0.05, 0.1) is 4.90 Å². The van der Waals surface area contributed by atoms with Gasteiger partial charge in [-0.3, -0.25) is 0 Å². The SMILES string of the molecule is O=S(=O)(c1ccccc1)C(CCc1ccccc1)C(O)(C1CCCCC1)C(F)(F)F. The van der Waals surface area contributed by atoms with E-state index in [0.29, 0.717) is 12.8 Å². The van der Waals surface area contributed by atoms with Crippen LogP contribution in [0.15, 0.2) is 65.6 Å². The number of hydrogen-bond donors (Lipinski definition) is 1. The van der Waals surface area contributed by atoms with Crippen molar-refractivity contribution in [3.05, 3.63) is 66.2 Å². The van der Waals surface area contributed by atoms with Crippen LogP contribution >= 0.6 is 0 Å². The smallest absolute Gasteiger partial charge is 0.379 e. The molecule has 164 valence electrons. The quantitative estimate of drug-likeness (QED) is 0.633. The maximum Gasteiger partial charge on any atom is 0.418 e. The lowest BCUT2D eigenvalue weighted by Crippen LogP contribution is -2.62. The second kappa shape index (κ2) is 9.10. The summed E-state index contributed by atoms with van der Waals surface area (Å²) in [4.78, 5) is -0.193. The summed E-state index contributed by atoms with van der Waals surface area (Å²) in [7, 11) is -4.43. The summed E-state index contributed by atoms with van der Waals surface area (Å²) in [6, 6.07) is 16.0. The van der Waals surface area contributed by atoms with Crippen molar-refractivity contribution >= 4 is 9.84 Å². The lowest BCUT2D eigenvalue weighted by Gasteiger charge is -2.44. The Balaban J connectivity index is 2.08. The minimum absolute atomic E-state index is 0.128. The average Bonchev–Trinajstić information content (AvgIpc) is 2.74. The number of benzene rings is 2. The van der Waals surface area contributed by atoms with Crippen LogP contribution in [0.25, 0.3) is 0 Å². The van der Waals surface area contributed by atoms with Crippen molar-refractivity contribution in [1.29, 1.82) is 0 Å². The molecule has 0 aromatic heterocycles. The molecule has 2 unspecified atom stereocenters. The number of alkyl halides is 3. The van der Waals surface area contributed by atoms with Crippen LogP contribution in [0, 0.1) is 5.92 Å². The fourth-order valence-electron chi connectivity index (χ4n) is 4.55. The van der Waals surface area contributed by atoms with Gasteiger partial charge in [0.15, 0.2) is 15.4 Å². The van der Waals surface area contributed by atoms with Crippen LogP contribution in [0.4, 0.5) is 13.2 Å². The summed E-state index contributed by atoms with van der Waals surface area (Å²) in [5, 5.41) is 9.23. The van der Waals surface area contributed by atoms with E-state index in [1.54, 1.807) is 36.4 Å². The molecule has 1 fully saturated rings. The zero-order valence-electron chi connectivity index (χ0n) is 16.7. The third-order valence-corrected chi connectivity index (χ3v) is 8.43. The maximum absolute atomic E-state index is 14.4. The van der Waals surface area contributed by atoms with Crippen molar-refractivity contribution in [2.75, 3.05) is 0 Å². The van der Waals surface area contributed by atoms with Crippen LogP contribution in [-0.4, -0.2) is 30.6 Å². The summed E-state index contributed by atoms with van der Waals surface area (Å²) >= 11 is 0. The Bertz CT molecular complexity index is 908. The molecule has 7 heteroatoms. The van der Waals surface area contributed by atoms with E-state index in [1.165, 1.54) is 24.3 Å². The van der Waals surface area contributed by atoms with Crippen molar-refractivity contribution in [1.82, 2.24) is 0 Å². The summed E-state index contributed by atoms with van der Waals surface area (Å²) in [6.45, 7) is 0. The van der Waals surface area contributed by atoms with Crippen molar-refractivity contribution in [2.45, 2.75) is 66.9 Å². The zero-order chi connectivity index (χ0) is 21.8. The van der Waals surface area contributed by atoms with E-state index in [9.17, 15) is 26.7 Å². The molecule has 2 atom stereocenters. The van der Waals surface area contributed by atoms with Gasteiger partial charge in [0, 0.05) is 0 Å². The van der Waals surface area contributed by atoms with Crippen molar-refractivity contribution in [3.8, 4) is 0 Å². The lowest BCUT2D eigenvalue weighted by molar-refractivity contribution is -0.283. The van der Waals surface area contributed by atoms with E-state index >= 15 is 0 Å². The molecule has 0 bridgehead atoms. The van der Waals surface area contributed by atoms with Gasteiger partial charge >= 0.3 is 6.18 Å². The molecule has 0 aliphatic heterocycles. The zero-order valence-corrected chi connectivity index (χ0v) is 17.5. The molecule has 0 radical (unpaired) electrons. The predicted molar refractivity (Wildman–Crippen MR) is 110 cm³/mol. The van der Waals surface area contributed by atoms with Gasteiger partial charge in [-0.15, -0.1) is 0 Å². The fourth-order valence-corrected chi connectivity index (χ4v) is 6.64. The van der Waals surface area contributed by atoms with Gasteiger partial charge in [0.1, 0.15) is 5.25 Å². The highest BCUT2D eigenvalue weighted by atomic mass is 32.2. The van der Waals surface area contributed by atoms with Crippen molar-refractivity contribution < 1.29 is 26.7 Å². The molecule has 30 heavy (non-hydrogen) atoms. The van der Waals surface area contributed by atoms with E-state index < -0.39 is 32.8 Å². The Morgan fingerprint density at radius 2 is 1.43 bits per heavy atom. The first-order valence-corrected chi connectivity index (χ1v) is 11.8. The van der Waals surface area contributed by atoms with Gasteiger partial charge < -0.3 is 5.11 Å². The largest absolute Gasteiger partial charge is 0.418 e. The lowest BCUT2D eigenvalue weighted by atomic mass is 9.73. The molecule has 2 aromatic carbocycles. The molecule has 1 aliphatic rings. The van der Waals surface area contributed by atoms with E-state index in [2.05, 4.69) is 0 Å². The normalized spacial score (nSPS) is 19.2. The molecule has 1 aliphatic carbocycles. The molecule has 1 N–H and O–H groups in total. The number of hydrogen-bond acceptors (Lipinski definition) is 3. The number of aliphatic hydroxyl groups is 1. The van der Waals surface area contributed by atoms with Gasteiger partial charge in [-0.2, -0.15) is 13.2 Å². The summed E-state index contributed by atoms with van der Waals surface area (Å²) in [5.41, 5.74) is -2.56. The van der Waals surface area contributed by atoms with Crippen molar-refractivity contribution in [3.63, 3.8) is 0 Å². The Kier molecular flexibility index (Phi) is 6.92. The van der Waals surface area contributed by atoms with Crippen LogP contribution in [0.1, 0.15) is 44.1 Å². The highest BCUT2D eigenvalue weighted by molar-refractivity contribution is 7.92. The minimum Gasteiger partial charge on any atom is -0.379 e. The van der Waals surface area contributed by atoms with Crippen LogP contribution in [0.2, 0.25) is 0 Å². The van der Waals surface area contributed by atoms with Crippen LogP contribution in [0.3, 0.4) is 0 Å². The molecular weight excluding hydrogens is 413 g/mol. The first-order chi connectivity index (χ1) is 14.2. The van der Waals surface area contributed by atoms with Gasteiger partial charge in [-0.1, -0.05) is 67.8 Å². The van der Waals surface area contributed by atoms with Gasteiger partial charge in [-0.05, 0) is 49.3 Å². The molecule has 0 spiro atoms. The van der Waals surface area contributed by atoms with Gasteiger partial charge in [-0.25, -0.2) is 8.42 Å². The second-order valence-corrected chi connectivity index (χ2v) is 10.2. The summed E-state index contributed by atoms with van der Waals surface area (Å²) in [5.74, 6) is -1.13. The molecule has 0 heterocycles. The third-order valence-electron chi connectivity index (χ3n) is 6.16. The van der Waals surface area contributed by atoms with Crippen molar-refractivity contribution in [2.24, 2.45) is 5.92 Å². The molecule has 0 saturated heterocycles. The van der Waals surface area contributed by atoms with E-state index in [4.69, 9.17) is 0 Å². The average molecular weight is 441 g/mol. The standard InChI is InChI=1S/C23H27F3O3S/c24-23(25,26)22(27,19-12-6-2-7-13-19)21(17-16-18-10-4-1-5-11-18)30(28,29)20-14-8-3-9-15-20/h1,3-5,8-11,14-15,19,21,27H,2,6-7,12-13,16-17H2. The van der Waals surface area contributed by atoms with Crippen LogP contribution in [0.5, 0.6) is 0 Å². The predicted octanol–water partition coefficient (Wildman–Crippen LogP) is 5.34. The molecular formula is C23H27F3O3S. The monoisotopic (exact) mass is 440 g/mol.